The maximum absolute atomic E-state index is 5.51. The van der Waals surface area contributed by atoms with E-state index in [-0.39, 0.29) is 0 Å². The maximum atomic E-state index is 5.51. The highest BCUT2D eigenvalue weighted by atomic mass is 15.2. The van der Waals surface area contributed by atoms with Crippen molar-refractivity contribution in [3.63, 3.8) is 0 Å². The highest BCUT2D eigenvalue weighted by Crippen LogP contribution is 1.95. The third kappa shape index (κ3) is 1.64. The normalized spacial score (nSPS) is 30.7. The molecule has 0 saturated carbocycles. The molecule has 0 spiro atoms. The third-order valence-electron chi connectivity index (χ3n) is 1.92. The van der Waals surface area contributed by atoms with Crippen LogP contribution < -0.4 is 11.1 Å². The average Bonchev–Trinajstić information content (AvgIpc) is 1.89. The minimum Gasteiger partial charge on any atom is -0.329 e. The van der Waals surface area contributed by atoms with Gasteiger partial charge in [0.15, 0.2) is 0 Å². The van der Waals surface area contributed by atoms with Crippen LogP contribution in [0, 0.1) is 0 Å². The molecule has 1 aliphatic rings. The second kappa shape index (κ2) is 3.15. The van der Waals surface area contributed by atoms with E-state index in [1.165, 1.54) is 0 Å². The number of nitrogens with two attached hydrogens (primary N) is 1. The highest BCUT2D eigenvalue weighted by molar-refractivity contribution is 4.77. The van der Waals surface area contributed by atoms with Crippen molar-refractivity contribution in [3.05, 3.63) is 0 Å². The molecule has 1 saturated heterocycles. The molecule has 3 nitrogen and oxygen atoms in total. The maximum Gasteiger partial charge on any atom is 0.0340 e. The molecule has 9 heavy (non-hydrogen) atoms. The van der Waals surface area contributed by atoms with Gasteiger partial charge in [0.1, 0.15) is 0 Å². The van der Waals surface area contributed by atoms with Crippen LogP contribution in [0.2, 0.25) is 0 Å². The van der Waals surface area contributed by atoms with Gasteiger partial charge < -0.3 is 11.1 Å². The predicted molar refractivity (Wildman–Crippen MR) is 38.3 cm³/mol. The Morgan fingerprint density at radius 1 is 1.78 bits per heavy atom. The van der Waals surface area contributed by atoms with E-state index >= 15 is 0 Å². The van der Waals surface area contributed by atoms with E-state index in [1.807, 2.05) is 0 Å². The molecule has 1 fully saturated rings. The van der Waals surface area contributed by atoms with Crippen molar-refractivity contribution in [1.82, 2.24) is 10.2 Å². The summed E-state index contributed by atoms with van der Waals surface area (Å²) < 4.78 is 0. The fourth-order valence-corrected chi connectivity index (χ4v) is 1.13. The van der Waals surface area contributed by atoms with Crippen LogP contribution >= 0.6 is 0 Å². The molecule has 0 aromatic carbocycles. The molecule has 0 unspecified atom stereocenters. The van der Waals surface area contributed by atoms with E-state index < -0.39 is 0 Å². The standard InChI is InChI=1S/C6H15N3/c1-9-3-2-8-5-6(9)4-7/h6,8H,2-5,7H2,1H3/t6-/m1/s1. The van der Waals surface area contributed by atoms with Crippen LogP contribution in [0.15, 0.2) is 0 Å². The minimum absolute atomic E-state index is 0.554. The number of piperazine rings is 1. The van der Waals surface area contributed by atoms with E-state index in [0.717, 1.165) is 26.2 Å². The van der Waals surface area contributed by atoms with Crippen molar-refractivity contribution in [2.45, 2.75) is 6.04 Å². The Hall–Kier alpha value is -0.120. The van der Waals surface area contributed by atoms with E-state index in [1.54, 1.807) is 0 Å². The van der Waals surface area contributed by atoms with Crippen molar-refractivity contribution in [1.29, 1.82) is 0 Å². The summed E-state index contributed by atoms with van der Waals surface area (Å²) in [6.07, 6.45) is 0. The lowest BCUT2D eigenvalue weighted by Crippen LogP contribution is -2.52. The van der Waals surface area contributed by atoms with Crippen molar-refractivity contribution in [2.75, 3.05) is 33.2 Å². The van der Waals surface area contributed by atoms with Gasteiger partial charge in [0.05, 0.1) is 0 Å². The van der Waals surface area contributed by atoms with Gasteiger partial charge in [0, 0.05) is 32.2 Å². The summed E-state index contributed by atoms with van der Waals surface area (Å²) in [5.74, 6) is 0. The van der Waals surface area contributed by atoms with Gasteiger partial charge in [-0.1, -0.05) is 0 Å². The van der Waals surface area contributed by atoms with Crippen LogP contribution in [0.5, 0.6) is 0 Å². The Labute approximate surface area is 56.2 Å². The van der Waals surface area contributed by atoms with Gasteiger partial charge in [-0.2, -0.15) is 0 Å². The first-order valence-corrected chi connectivity index (χ1v) is 3.45. The third-order valence-corrected chi connectivity index (χ3v) is 1.92. The number of rotatable bonds is 1. The molecular formula is C6H15N3. The fourth-order valence-electron chi connectivity index (χ4n) is 1.13. The Balaban J connectivity index is 2.30. The minimum atomic E-state index is 0.554. The number of hydrogen-bond acceptors (Lipinski definition) is 3. The molecule has 0 aromatic rings. The number of nitrogens with zero attached hydrogens (tertiary/aromatic N) is 1. The molecule has 3 N–H and O–H groups in total. The van der Waals surface area contributed by atoms with Gasteiger partial charge in [-0.3, -0.25) is 4.90 Å². The lowest BCUT2D eigenvalue weighted by atomic mass is 10.2. The van der Waals surface area contributed by atoms with Gasteiger partial charge in [-0.15, -0.1) is 0 Å². The number of hydrogen-bond donors (Lipinski definition) is 2. The molecule has 0 bridgehead atoms. The molecule has 1 rings (SSSR count). The summed E-state index contributed by atoms with van der Waals surface area (Å²) >= 11 is 0. The molecule has 54 valence electrons. The molecule has 0 amide bonds. The van der Waals surface area contributed by atoms with Gasteiger partial charge >= 0.3 is 0 Å². The van der Waals surface area contributed by atoms with E-state index in [2.05, 4.69) is 17.3 Å². The summed E-state index contributed by atoms with van der Waals surface area (Å²) in [4.78, 5) is 2.30. The molecule has 0 aromatic heterocycles. The lowest BCUT2D eigenvalue weighted by Gasteiger charge is -2.31. The second-order valence-corrected chi connectivity index (χ2v) is 2.57. The molecule has 1 aliphatic heterocycles. The van der Waals surface area contributed by atoms with Gasteiger partial charge in [0.2, 0.25) is 0 Å². The summed E-state index contributed by atoms with van der Waals surface area (Å²) in [5, 5.41) is 3.29. The largest absolute Gasteiger partial charge is 0.329 e. The average molecular weight is 129 g/mol. The predicted octanol–water partition coefficient (Wildman–Crippen LogP) is -1.15. The molecule has 0 aliphatic carbocycles. The lowest BCUT2D eigenvalue weighted by molar-refractivity contribution is 0.205. The zero-order valence-corrected chi connectivity index (χ0v) is 5.93. The van der Waals surface area contributed by atoms with Crippen LogP contribution in [0.25, 0.3) is 0 Å². The Morgan fingerprint density at radius 3 is 3.00 bits per heavy atom. The van der Waals surface area contributed by atoms with Crippen LogP contribution in [-0.2, 0) is 0 Å². The molecule has 1 heterocycles. The van der Waals surface area contributed by atoms with Crippen LogP contribution in [0.3, 0.4) is 0 Å². The molecule has 3 heteroatoms. The van der Waals surface area contributed by atoms with Crippen LogP contribution in [0.4, 0.5) is 0 Å². The van der Waals surface area contributed by atoms with Crippen molar-refractivity contribution < 1.29 is 0 Å². The smallest absolute Gasteiger partial charge is 0.0340 e. The summed E-state index contributed by atoms with van der Waals surface area (Å²) in [6, 6.07) is 0.554. The summed E-state index contributed by atoms with van der Waals surface area (Å²) in [7, 11) is 2.12. The van der Waals surface area contributed by atoms with Crippen LogP contribution in [0.1, 0.15) is 0 Å². The first-order valence-electron chi connectivity index (χ1n) is 3.45. The quantitative estimate of drug-likeness (QED) is 0.469. The van der Waals surface area contributed by atoms with E-state index in [9.17, 15) is 0 Å². The van der Waals surface area contributed by atoms with Crippen LogP contribution in [-0.4, -0.2) is 44.2 Å². The van der Waals surface area contributed by atoms with Crippen molar-refractivity contribution in [3.8, 4) is 0 Å². The van der Waals surface area contributed by atoms with Gasteiger partial charge in [-0.25, -0.2) is 0 Å². The fraction of sp³-hybridized carbons (Fsp3) is 1.00. The molecule has 0 radical (unpaired) electrons. The molecular weight excluding hydrogens is 114 g/mol. The number of likely N-dealkylation sites (N-methyl/N-ethyl adjacent to an activating group) is 1. The van der Waals surface area contributed by atoms with Crippen molar-refractivity contribution >= 4 is 0 Å². The SMILES string of the molecule is CN1CCNC[C@H]1CN. The highest BCUT2D eigenvalue weighted by Gasteiger charge is 2.15. The Bertz CT molecular complexity index is 84.4. The van der Waals surface area contributed by atoms with Gasteiger partial charge in [0.25, 0.3) is 0 Å². The summed E-state index contributed by atoms with van der Waals surface area (Å²) in [6.45, 7) is 4.05. The molecule has 1 atom stereocenters. The van der Waals surface area contributed by atoms with E-state index in [4.69, 9.17) is 5.73 Å². The monoisotopic (exact) mass is 129 g/mol. The zero-order chi connectivity index (χ0) is 6.69. The second-order valence-electron chi connectivity index (χ2n) is 2.57. The first kappa shape index (κ1) is 6.99. The zero-order valence-electron chi connectivity index (χ0n) is 5.93. The number of nitrogens with one attached hydrogen (secondary N) is 1. The Morgan fingerprint density at radius 2 is 2.56 bits per heavy atom. The topological polar surface area (TPSA) is 41.3 Å². The Kier molecular flexibility index (Phi) is 2.45. The van der Waals surface area contributed by atoms with Gasteiger partial charge in [-0.05, 0) is 7.05 Å². The summed E-state index contributed by atoms with van der Waals surface area (Å²) in [5.41, 5.74) is 5.51. The van der Waals surface area contributed by atoms with Crippen molar-refractivity contribution in [2.24, 2.45) is 5.73 Å². The first-order chi connectivity index (χ1) is 4.34. The van der Waals surface area contributed by atoms with E-state index in [0.29, 0.717) is 6.04 Å².